The number of carbonyl (C=O) groups excluding carboxylic acids is 1. The fourth-order valence-electron chi connectivity index (χ4n) is 3.03. The molecule has 0 bridgehead atoms. The lowest BCUT2D eigenvalue weighted by molar-refractivity contribution is 0.102. The van der Waals surface area contributed by atoms with Crippen LogP contribution >= 0.6 is 11.6 Å². The quantitative estimate of drug-likeness (QED) is 0.525. The van der Waals surface area contributed by atoms with Crippen molar-refractivity contribution in [1.29, 1.82) is 0 Å². The highest BCUT2D eigenvalue weighted by atomic mass is 35.5. The van der Waals surface area contributed by atoms with Crippen molar-refractivity contribution in [1.82, 2.24) is 15.0 Å². The summed E-state index contributed by atoms with van der Waals surface area (Å²) in [6.07, 6.45) is 5.77. The monoisotopic (exact) mass is 399 g/mol. The van der Waals surface area contributed by atoms with Crippen LogP contribution in [0.4, 0.5) is 5.82 Å². The molecule has 0 saturated carbocycles. The molecule has 2 heterocycles. The Morgan fingerprint density at radius 3 is 2.14 bits per heavy atom. The van der Waals surface area contributed by atoms with Crippen LogP contribution in [0.2, 0.25) is 5.02 Å². The number of hydrogen-bond donors (Lipinski definition) is 1. The predicted molar refractivity (Wildman–Crippen MR) is 112 cm³/mol. The largest absolute Gasteiger partial charge is 0.305 e. The molecule has 2 aromatic heterocycles. The van der Waals surface area contributed by atoms with Gasteiger partial charge in [-0.2, -0.15) is 0 Å². The Morgan fingerprint density at radius 2 is 1.55 bits per heavy atom. The number of nitrogens with one attached hydrogen (secondary N) is 1. The van der Waals surface area contributed by atoms with Crippen LogP contribution in [0.25, 0.3) is 0 Å². The summed E-state index contributed by atoms with van der Waals surface area (Å²) in [6, 6.07) is 23.3. The number of nitrogens with zero attached hydrogens (tertiary/aromatic N) is 3. The van der Waals surface area contributed by atoms with Crippen molar-refractivity contribution >= 4 is 23.3 Å². The van der Waals surface area contributed by atoms with E-state index in [1.807, 2.05) is 60.7 Å². The summed E-state index contributed by atoms with van der Waals surface area (Å²) < 4.78 is 0. The molecule has 0 aliphatic carbocycles. The van der Waals surface area contributed by atoms with Crippen molar-refractivity contribution in [3.8, 4) is 0 Å². The average molecular weight is 400 g/mol. The zero-order chi connectivity index (χ0) is 20.1. The van der Waals surface area contributed by atoms with Gasteiger partial charge in [0.05, 0.1) is 22.8 Å². The zero-order valence-corrected chi connectivity index (χ0v) is 16.0. The number of halogens is 1. The Hall–Kier alpha value is -3.57. The van der Waals surface area contributed by atoms with E-state index in [0.717, 1.165) is 11.1 Å². The summed E-state index contributed by atoms with van der Waals surface area (Å²) >= 11 is 5.83. The van der Waals surface area contributed by atoms with E-state index in [1.54, 1.807) is 18.3 Å². The molecule has 0 unspecified atom stereocenters. The highest BCUT2D eigenvalue weighted by molar-refractivity contribution is 6.30. The normalized spacial score (nSPS) is 10.7. The van der Waals surface area contributed by atoms with Gasteiger partial charge in [0.15, 0.2) is 5.69 Å². The molecular formula is C23H16ClN4O. The Morgan fingerprint density at radius 1 is 0.897 bits per heavy atom. The molecular weight excluding hydrogens is 384 g/mol. The molecule has 0 fully saturated rings. The van der Waals surface area contributed by atoms with Crippen LogP contribution in [-0.2, 0) is 0 Å². The van der Waals surface area contributed by atoms with E-state index in [0.29, 0.717) is 16.5 Å². The van der Waals surface area contributed by atoms with E-state index in [4.69, 9.17) is 11.6 Å². The molecule has 4 aromatic rings. The molecule has 1 N–H and O–H groups in total. The predicted octanol–water partition coefficient (Wildman–Crippen LogP) is 4.76. The molecule has 0 saturated heterocycles. The molecule has 0 spiro atoms. The second kappa shape index (κ2) is 8.63. The number of rotatable bonds is 5. The smallest absolute Gasteiger partial charge is 0.277 e. The molecule has 0 aliphatic heterocycles. The first-order chi connectivity index (χ1) is 14.2. The van der Waals surface area contributed by atoms with Crippen molar-refractivity contribution in [3.05, 3.63) is 119 Å². The topological polar surface area (TPSA) is 67.8 Å². The van der Waals surface area contributed by atoms with E-state index >= 15 is 0 Å². The fourth-order valence-corrected chi connectivity index (χ4v) is 3.15. The SMILES string of the molecule is O=C(Nc1ccc(Cl)cn1)c1[c]ncc(C(c2ccccc2)c2ccccc2)n1. The number of carbonyl (C=O) groups is 1. The number of aromatic nitrogens is 3. The summed E-state index contributed by atoms with van der Waals surface area (Å²) in [7, 11) is 0. The van der Waals surface area contributed by atoms with E-state index in [-0.39, 0.29) is 11.6 Å². The van der Waals surface area contributed by atoms with Gasteiger partial charge in [-0.25, -0.2) is 9.97 Å². The minimum Gasteiger partial charge on any atom is -0.305 e. The summed E-state index contributed by atoms with van der Waals surface area (Å²) in [5, 5.41) is 3.18. The average Bonchev–Trinajstić information content (AvgIpc) is 2.77. The number of pyridine rings is 1. The van der Waals surface area contributed by atoms with Crippen molar-refractivity contribution in [2.75, 3.05) is 5.32 Å². The molecule has 1 amide bonds. The van der Waals surface area contributed by atoms with Crippen LogP contribution < -0.4 is 5.32 Å². The Balaban J connectivity index is 1.68. The van der Waals surface area contributed by atoms with Crippen molar-refractivity contribution in [2.45, 2.75) is 5.92 Å². The van der Waals surface area contributed by atoms with Crippen LogP contribution in [0.15, 0.2) is 85.2 Å². The molecule has 2 aromatic carbocycles. The van der Waals surface area contributed by atoms with Gasteiger partial charge < -0.3 is 5.32 Å². The first kappa shape index (κ1) is 18.8. The van der Waals surface area contributed by atoms with E-state index in [1.165, 1.54) is 6.20 Å². The summed E-state index contributed by atoms with van der Waals surface area (Å²) in [5.41, 5.74) is 2.88. The Bertz CT molecular complexity index is 1060. The maximum atomic E-state index is 12.6. The van der Waals surface area contributed by atoms with Crippen LogP contribution in [0.1, 0.15) is 33.2 Å². The fraction of sp³-hybridized carbons (Fsp3) is 0.0435. The summed E-state index contributed by atoms with van der Waals surface area (Å²) in [6.45, 7) is 0. The lowest BCUT2D eigenvalue weighted by Gasteiger charge is -2.18. The van der Waals surface area contributed by atoms with Gasteiger partial charge in [0.2, 0.25) is 0 Å². The summed E-state index contributed by atoms with van der Waals surface area (Å²) in [5.74, 6) is -0.212. The third-order valence-electron chi connectivity index (χ3n) is 4.35. The van der Waals surface area contributed by atoms with Crippen LogP contribution in [0.3, 0.4) is 0 Å². The molecule has 1 radical (unpaired) electrons. The van der Waals surface area contributed by atoms with E-state index in [9.17, 15) is 4.79 Å². The molecule has 4 rings (SSSR count). The molecule has 141 valence electrons. The third-order valence-corrected chi connectivity index (χ3v) is 4.58. The van der Waals surface area contributed by atoms with Gasteiger partial charge in [-0.3, -0.25) is 9.78 Å². The van der Waals surface area contributed by atoms with Gasteiger partial charge >= 0.3 is 0 Å². The van der Waals surface area contributed by atoms with Crippen LogP contribution in [0, 0.1) is 6.20 Å². The molecule has 29 heavy (non-hydrogen) atoms. The van der Waals surface area contributed by atoms with Crippen LogP contribution in [0.5, 0.6) is 0 Å². The Labute approximate surface area is 173 Å². The van der Waals surface area contributed by atoms with Gasteiger partial charge in [0, 0.05) is 6.20 Å². The first-order valence-corrected chi connectivity index (χ1v) is 9.36. The van der Waals surface area contributed by atoms with Gasteiger partial charge in [0.1, 0.15) is 12.0 Å². The lowest BCUT2D eigenvalue weighted by atomic mass is 9.89. The van der Waals surface area contributed by atoms with E-state index in [2.05, 4.69) is 26.5 Å². The maximum Gasteiger partial charge on any atom is 0.277 e. The third kappa shape index (κ3) is 4.47. The second-order valence-electron chi connectivity index (χ2n) is 6.33. The molecule has 5 nitrogen and oxygen atoms in total. The maximum absolute atomic E-state index is 12.6. The summed E-state index contributed by atoms with van der Waals surface area (Å²) in [4.78, 5) is 25.4. The second-order valence-corrected chi connectivity index (χ2v) is 6.76. The number of anilines is 1. The van der Waals surface area contributed by atoms with Gasteiger partial charge in [-0.15, -0.1) is 0 Å². The minimum absolute atomic E-state index is 0.0936. The zero-order valence-electron chi connectivity index (χ0n) is 15.3. The molecule has 0 atom stereocenters. The van der Waals surface area contributed by atoms with Gasteiger partial charge in [0.25, 0.3) is 5.91 Å². The Kier molecular flexibility index (Phi) is 5.59. The number of benzene rings is 2. The molecule has 0 aliphatic rings. The van der Waals surface area contributed by atoms with E-state index < -0.39 is 5.91 Å². The van der Waals surface area contributed by atoms with Gasteiger partial charge in [-0.05, 0) is 23.3 Å². The van der Waals surface area contributed by atoms with Crippen molar-refractivity contribution in [2.24, 2.45) is 0 Å². The standard InChI is InChI=1S/C23H16ClN4O/c24-18-11-12-21(26-13-18)28-23(29)20-15-25-14-19(27-20)22(16-7-3-1-4-8-16)17-9-5-2-6-10-17/h1-14,22H,(H,26,28,29). The highest BCUT2D eigenvalue weighted by Gasteiger charge is 2.20. The van der Waals surface area contributed by atoms with Crippen LogP contribution in [-0.4, -0.2) is 20.9 Å². The number of amides is 1. The molecule has 6 heteroatoms. The van der Waals surface area contributed by atoms with Crippen molar-refractivity contribution in [3.63, 3.8) is 0 Å². The van der Waals surface area contributed by atoms with Crippen molar-refractivity contribution < 1.29 is 4.79 Å². The number of hydrogen-bond acceptors (Lipinski definition) is 4. The highest BCUT2D eigenvalue weighted by Crippen LogP contribution is 2.30. The van der Waals surface area contributed by atoms with Gasteiger partial charge in [-0.1, -0.05) is 72.3 Å². The first-order valence-electron chi connectivity index (χ1n) is 8.98. The minimum atomic E-state index is -0.436. The lowest BCUT2D eigenvalue weighted by Crippen LogP contribution is -2.17.